The van der Waals surface area contributed by atoms with Gasteiger partial charge in [0.15, 0.2) is 5.78 Å². The SMILES string of the molecule is CCOC(=O)[C@@H]1C(=O)C2=C(C[C@@H]1c1cccs1)NC(=O)C[C@H]2c1ccccc1F. The van der Waals surface area contributed by atoms with Crippen LogP contribution >= 0.6 is 11.3 Å². The Hall–Kier alpha value is -2.80. The number of ketones is 1. The van der Waals surface area contributed by atoms with Gasteiger partial charge in [-0.05, 0) is 36.4 Å². The highest BCUT2D eigenvalue weighted by atomic mass is 32.1. The van der Waals surface area contributed by atoms with E-state index in [4.69, 9.17) is 4.74 Å². The molecule has 5 nitrogen and oxygen atoms in total. The molecule has 1 N–H and O–H groups in total. The fourth-order valence-electron chi connectivity index (χ4n) is 4.25. The molecule has 0 radical (unpaired) electrons. The molecule has 0 saturated carbocycles. The first-order valence-electron chi connectivity index (χ1n) is 9.52. The number of nitrogens with one attached hydrogen (secondary N) is 1. The molecule has 4 rings (SSSR count). The van der Waals surface area contributed by atoms with Crippen molar-refractivity contribution in [1.29, 1.82) is 0 Å². The van der Waals surface area contributed by atoms with Crippen molar-refractivity contribution in [3.05, 3.63) is 69.3 Å². The molecule has 2 aromatic rings. The van der Waals surface area contributed by atoms with Crippen molar-refractivity contribution >= 4 is 29.0 Å². The number of hydrogen-bond acceptors (Lipinski definition) is 5. The summed E-state index contributed by atoms with van der Waals surface area (Å²) in [4.78, 5) is 39.5. The molecule has 1 aliphatic carbocycles. The molecular formula is C22H20FNO4S. The van der Waals surface area contributed by atoms with E-state index in [0.29, 0.717) is 23.3 Å². The number of halogens is 1. The van der Waals surface area contributed by atoms with E-state index in [2.05, 4.69) is 5.32 Å². The van der Waals surface area contributed by atoms with Crippen molar-refractivity contribution in [1.82, 2.24) is 5.32 Å². The summed E-state index contributed by atoms with van der Waals surface area (Å²) in [6.07, 6.45) is 0.284. The van der Waals surface area contributed by atoms with Crippen LogP contribution in [0.3, 0.4) is 0 Å². The molecule has 3 atom stereocenters. The summed E-state index contributed by atoms with van der Waals surface area (Å²) in [7, 11) is 0. The molecule has 2 heterocycles. The topological polar surface area (TPSA) is 72.5 Å². The smallest absolute Gasteiger partial charge is 0.317 e. The lowest BCUT2D eigenvalue weighted by Crippen LogP contribution is -2.44. The summed E-state index contributed by atoms with van der Waals surface area (Å²) in [5.74, 6) is -3.84. The molecule has 0 fully saturated rings. The normalized spacial score (nSPS) is 24.1. The average molecular weight is 413 g/mol. The Labute approximate surface area is 171 Å². The lowest BCUT2D eigenvalue weighted by Gasteiger charge is -2.37. The number of carbonyl (C=O) groups is 3. The van der Waals surface area contributed by atoms with E-state index in [0.717, 1.165) is 4.88 Å². The zero-order valence-electron chi connectivity index (χ0n) is 15.8. The zero-order valence-corrected chi connectivity index (χ0v) is 16.6. The number of carbonyl (C=O) groups excluding carboxylic acids is 3. The van der Waals surface area contributed by atoms with Crippen molar-refractivity contribution < 1.29 is 23.5 Å². The van der Waals surface area contributed by atoms with Gasteiger partial charge in [0.1, 0.15) is 11.7 Å². The fourth-order valence-corrected chi connectivity index (χ4v) is 5.11. The van der Waals surface area contributed by atoms with Gasteiger partial charge in [0.2, 0.25) is 5.91 Å². The van der Waals surface area contributed by atoms with Crippen molar-refractivity contribution in [3.63, 3.8) is 0 Å². The molecule has 0 unspecified atom stereocenters. The molecule has 1 aliphatic heterocycles. The van der Waals surface area contributed by atoms with E-state index in [-0.39, 0.29) is 18.9 Å². The van der Waals surface area contributed by atoms with E-state index in [1.165, 1.54) is 17.4 Å². The summed E-state index contributed by atoms with van der Waals surface area (Å²) in [5, 5.41) is 4.68. The highest BCUT2D eigenvalue weighted by molar-refractivity contribution is 7.10. The van der Waals surface area contributed by atoms with E-state index in [1.807, 2.05) is 17.5 Å². The highest BCUT2D eigenvalue weighted by Crippen LogP contribution is 2.46. The van der Waals surface area contributed by atoms with Crippen molar-refractivity contribution in [3.8, 4) is 0 Å². The number of esters is 1. The number of rotatable bonds is 4. The largest absolute Gasteiger partial charge is 0.465 e. The molecule has 1 amide bonds. The van der Waals surface area contributed by atoms with Gasteiger partial charge in [-0.2, -0.15) is 0 Å². The molecule has 7 heteroatoms. The summed E-state index contributed by atoms with van der Waals surface area (Å²) in [6, 6.07) is 9.87. The Kier molecular flexibility index (Phi) is 5.32. The van der Waals surface area contributed by atoms with Gasteiger partial charge in [0.05, 0.1) is 6.61 Å². The van der Waals surface area contributed by atoms with Crippen LogP contribution in [0.2, 0.25) is 0 Å². The number of thiophene rings is 1. The van der Waals surface area contributed by atoms with Gasteiger partial charge in [-0.25, -0.2) is 4.39 Å². The van der Waals surface area contributed by atoms with E-state index in [1.54, 1.807) is 25.1 Å². The second-order valence-electron chi connectivity index (χ2n) is 7.14. The Morgan fingerprint density at radius 2 is 2.00 bits per heavy atom. The highest BCUT2D eigenvalue weighted by Gasteiger charge is 2.48. The Morgan fingerprint density at radius 1 is 1.21 bits per heavy atom. The van der Waals surface area contributed by atoms with Crippen LogP contribution < -0.4 is 5.32 Å². The van der Waals surface area contributed by atoms with Crippen molar-refractivity contribution in [2.75, 3.05) is 6.61 Å². The summed E-state index contributed by atoms with van der Waals surface area (Å²) < 4.78 is 19.7. The number of benzene rings is 1. The molecule has 0 spiro atoms. The van der Waals surface area contributed by atoms with Gasteiger partial charge >= 0.3 is 5.97 Å². The zero-order chi connectivity index (χ0) is 20.5. The van der Waals surface area contributed by atoms with Crippen LogP contribution in [0.1, 0.15) is 42.0 Å². The molecular weight excluding hydrogens is 393 g/mol. The predicted molar refractivity (Wildman–Crippen MR) is 106 cm³/mol. The van der Waals surface area contributed by atoms with Crippen LogP contribution in [0.5, 0.6) is 0 Å². The first kappa shape index (κ1) is 19.5. The van der Waals surface area contributed by atoms with Crippen molar-refractivity contribution in [2.24, 2.45) is 5.92 Å². The number of amides is 1. The van der Waals surface area contributed by atoms with E-state index >= 15 is 0 Å². The number of Topliss-reactive ketones (excluding diaryl/α,β-unsaturated/α-hetero) is 1. The second kappa shape index (κ2) is 7.91. The minimum Gasteiger partial charge on any atom is -0.465 e. The third-order valence-corrected chi connectivity index (χ3v) is 6.46. The Bertz CT molecular complexity index is 998. The van der Waals surface area contributed by atoms with Gasteiger partial charge in [-0.3, -0.25) is 14.4 Å². The lowest BCUT2D eigenvalue weighted by atomic mass is 9.69. The molecule has 1 aromatic carbocycles. The number of allylic oxidation sites excluding steroid dienone is 2. The summed E-state index contributed by atoms with van der Waals surface area (Å²) in [5.41, 5.74) is 1.10. The fraction of sp³-hybridized carbons (Fsp3) is 0.318. The quantitative estimate of drug-likeness (QED) is 0.613. The second-order valence-corrected chi connectivity index (χ2v) is 8.12. The van der Waals surface area contributed by atoms with Crippen LogP contribution in [-0.4, -0.2) is 24.3 Å². The van der Waals surface area contributed by atoms with E-state index < -0.39 is 35.3 Å². The molecule has 1 aromatic heterocycles. The van der Waals surface area contributed by atoms with Crippen LogP contribution in [0, 0.1) is 11.7 Å². The average Bonchev–Trinajstić information content (AvgIpc) is 3.22. The maximum absolute atomic E-state index is 14.5. The lowest BCUT2D eigenvalue weighted by molar-refractivity contribution is -0.152. The van der Waals surface area contributed by atoms with Crippen LogP contribution in [0.15, 0.2) is 53.0 Å². The summed E-state index contributed by atoms with van der Waals surface area (Å²) in [6.45, 7) is 1.86. The number of hydrogen-bond donors (Lipinski definition) is 1. The van der Waals surface area contributed by atoms with Gasteiger partial charge < -0.3 is 10.1 Å². The van der Waals surface area contributed by atoms with Gasteiger partial charge in [0.25, 0.3) is 0 Å². The molecule has 2 aliphatic rings. The van der Waals surface area contributed by atoms with Crippen LogP contribution in [0.4, 0.5) is 4.39 Å². The van der Waals surface area contributed by atoms with E-state index in [9.17, 15) is 18.8 Å². The monoisotopic (exact) mass is 413 g/mol. The van der Waals surface area contributed by atoms with Crippen LogP contribution in [0.25, 0.3) is 0 Å². The summed E-state index contributed by atoms with van der Waals surface area (Å²) >= 11 is 1.46. The first-order valence-corrected chi connectivity index (χ1v) is 10.4. The molecule has 0 bridgehead atoms. The predicted octanol–water partition coefficient (Wildman–Crippen LogP) is 3.68. The molecule has 150 valence electrons. The van der Waals surface area contributed by atoms with Gasteiger partial charge in [0, 0.05) is 34.4 Å². The van der Waals surface area contributed by atoms with Gasteiger partial charge in [-0.1, -0.05) is 24.3 Å². The van der Waals surface area contributed by atoms with Crippen molar-refractivity contribution in [2.45, 2.75) is 31.6 Å². The maximum Gasteiger partial charge on any atom is 0.317 e. The standard InChI is InChI=1S/C22H20FNO4S/c1-2-28-22(27)20-14(17-8-5-9-29-17)10-16-19(21(20)26)13(11-18(25)24-16)12-6-3-4-7-15(12)23/h3-9,13-14,20H,2,10-11H2,1H3,(H,24,25)/t13-,14+,20-/m0/s1. The molecule has 29 heavy (non-hydrogen) atoms. The minimum absolute atomic E-state index is 0.0370. The van der Waals surface area contributed by atoms with Gasteiger partial charge in [-0.15, -0.1) is 11.3 Å². The van der Waals surface area contributed by atoms with Crippen LogP contribution in [-0.2, 0) is 19.1 Å². The Morgan fingerprint density at radius 3 is 2.69 bits per heavy atom. The first-order chi connectivity index (χ1) is 14.0. The maximum atomic E-state index is 14.5. The molecule has 0 saturated heterocycles. The minimum atomic E-state index is -1.00. The number of ether oxygens (including phenoxy) is 1. The third-order valence-electron chi connectivity index (χ3n) is 5.46. The Balaban J connectivity index is 1.83. The third kappa shape index (κ3) is 3.51.